The van der Waals surface area contributed by atoms with E-state index < -0.39 is 0 Å². The van der Waals surface area contributed by atoms with E-state index in [0.717, 1.165) is 28.1 Å². The standard InChI is InChI=1S/C25H25ClN2O2S/c1-4-18-9-5-8-16(2)23(18)28-24(29)17(3)31-22-13-7-12-21(15-22)27-25(30)19-10-6-11-20(26)14-19/h5-15,17H,4H2,1-3H3,(H,27,30)(H,28,29). The maximum absolute atomic E-state index is 12.8. The highest BCUT2D eigenvalue weighted by molar-refractivity contribution is 8.00. The number of rotatable bonds is 7. The zero-order chi connectivity index (χ0) is 22.4. The van der Waals surface area contributed by atoms with Gasteiger partial charge >= 0.3 is 0 Å². The second-order valence-corrected chi connectivity index (χ2v) is 9.05. The quantitative estimate of drug-likeness (QED) is 0.398. The Bertz CT molecular complexity index is 1100. The average molecular weight is 453 g/mol. The van der Waals surface area contributed by atoms with Crippen molar-refractivity contribution in [1.29, 1.82) is 0 Å². The maximum Gasteiger partial charge on any atom is 0.255 e. The molecule has 2 N–H and O–H groups in total. The molecule has 3 rings (SSSR count). The number of thioether (sulfide) groups is 1. The second kappa shape index (κ2) is 10.5. The number of nitrogens with one attached hydrogen (secondary N) is 2. The minimum Gasteiger partial charge on any atom is -0.325 e. The van der Waals surface area contributed by atoms with Crippen molar-refractivity contribution in [1.82, 2.24) is 0 Å². The fourth-order valence-corrected chi connectivity index (χ4v) is 4.28. The van der Waals surface area contributed by atoms with Crippen molar-refractivity contribution in [2.75, 3.05) is 10.6 Å². The van der Waals surface area contributed by atoms with Gasteiger partial charge in [0, 0.05) is 26.9 Å². The van der Waals surface area contributed by atoms with Gasteiger partial charge in [0.15, 0.2) is 0 Å². The lowest BCUT2D eigenvalue weighted by Gasteiger charge is -2.16. The van der Waals surface area contributed by atoms with Gasteiger partial charge in [-0.25, -0.2) is 0 Å². The number of anilines is 2. The average Bonchev–Trinajstić information content (AvgIpc) is 2.75. The van der Waals surface area contributed by atoms with Crippen molar-refractivity contribution < 1.29 is 9.59 Å². The van der Waals surface area contributed by atoms with Crippen LogP contribution in [0.2, 0.25) is 5.02 Å². The van der Waals surface area contributed by atoms with Crippen LogP contribution in [0.5, 0.6) is 0 Å². The Hall–Kier alpha value is -2.76. The Morgan fingerprint density at radius 1 is 1.00 bits per heavy atom. The van der Waals surface area contributed by atoms with Crippen LogP contribution in [0.1, 0.15) is 35.3 Å². The van der Waals surface area contributed by atoms with Crippen molar-refractivity contribution in [3.05, 3.63) is 88.4 Å². The Morgan fingerprint density at radius 2 is 1.74 bits per heavy atom. The molecular formula is C25H25ClN2O2S. The number of hydrogen-bond donors (Lipinski definition) is 2. The van der Waals surface area contributed by atoms with E-state index in [-0.39, 0.29) is 17.1 Å². The number of carbonyl (C=O) groups excluding carboxylic acids is 2. The Kier molecular flexibility index (Phi) is 7.77. The predicted octanol–water partition coefficient (Wildman–Crippen LogP) is 6.58. The fourth-order valence-electron chi connectivity index (χ4n) is 3.16. The number of amides is 2. The highest BCUT2D eigenvalue weighted by atomic mass is 35.5. The molecule has 0 saturated carbocycles. The van der Waals surface area contributed by atoms with Gasteiger partial charge in [0.2, 0.25) is 5.91 Å². The first-order valence-electron chi connectivity index (χ1n) is 10.1. The number of halogens is 1. The molecule has 0 spiro atoms. The van der Waals surface area contributed by atoms with Gasteiger partial charge in [-0.3, -0.25) is 9.59 Å². The molecule has 0 aliphatic carbocycles. The third-order valence-corrected chi connectivity index (χ3v) is 6.18. The summed E-state index contributed by atoms with van der Waals surface area (Å²) >= 11 is 7.41. The predicted molar refractivity (Wildman–Crippen MR) is 130 cm³/mol. The molecule has 160 valence electrons. The largest absolute Gasteiger partial charge is 0.325 e. The fraction of sp³-hybridized carbons (Fsp3) is 0.200. The molecule has 1 unspecified atom stereocenters. The van der Waals surface area contributed by atoms with Gasteiger partial charge < -0.3 is 10.6 Å². The molecule has 0 aliphatic heterocycles. The summed E-state index contributed by atoms with van der Waals surface area (Å²) in [5.74, 6) is -0.288. The number of para-hydroxylation sites is 1. The van der Waals surface area contributed by atoms with Gasteiger partial charge in [0.05, 0.1) is 5.25 Å². The molecule has 0 saturated heterocycles. The number of aryl methyl sites for hydroxylation is 2. The van der Waals surface area contributed by atoms with Crippen LogP contribution in [-0.2, 0) is 11.2 Å². The monoisotopic (exact) mass is 452 g/mol. The lowest BCUT2D eigenvalue weighted by molar-refractivity contribution is -0.115. The van der Waals surface area contributed by atoms with E-state index in [4.69, 9.17) is 11.6 Å². The molecule has 31 heavy (non-hydrogen) atoms. The summed E-state index contributed by atoms with van der Waals surface area (Å²) in [5.41, 5.74) is 4.22. The molecule has 0 aromatic heterocycles. The highest BCUT2D eigenvalue weighted by Crippen LogP contribution is 2.28. The molecule has 0 aliphatic rings. The van der Waals surface area contributed by atoms with Crippen LogP contribution in [0.25, 0.3) is 0 Å². The van der Waals surface area contributed by atoms with Crippen LogP contribution < -0.4 is 10.6 Å². The summed E-state index contributed by atoms with van der Waals surface area (Å²) < 4.78 is 0. The number of benzene rings is 3. The van der Waals surface area contributed by atoms with E-state index in [1.54, 1.807) is 24.3 Å². The summed E-state index contributed by atoms with van der Waals surface area (Å²) in [7, 11) is 0. The van der Waals surface area contributed by atoms with E-state index in [0.29, 0.717) is 16.3 Å². The molecule has 1 atom stereocenters. The van der Waals surface area contributed by atoms with E-state index in [1.807, 2.05) is 56.3 Å². The lowest BCUT2D eigenvalue weighted by Crippen LogP contribution is -2.23. The van der Waals surface area contributed by atoms with E-state index in [9.17, 15) is 9.59 Å². The van der Waals surface area contributed by atoms with Gasteiger partial charge in [-0.2, -0.15) is 0 Å². The second-order valence-electron chi connectivity index (χ2n) is 7.20. The van der Waals surface area contributed by atoms with Crippen molar-refractivity contribution >= 4 is 46.6 Å². The first-order chi connectivity index (χ1) is 14.9. The maximum atomic E-state index is 12.8. The zero-order valence-electron chi connectivity index (χ0n) is 17.7. The first kappa shape index (κ1) is 22.9. The van der Waals surface area contributed by atoms with Gasteiger partial charge in [-0.1, -0.05) is 48.9 Å². The SMILES string of the molecule is CCc1cccc(C)c1NC(=O)C(C)Sc1cccc(NC(=O)c2cccc(Cl)c2)c1. The number of carbonyl (C=O) groups is 2. The van der Waals surface area contributed by atoms with Crippen LogP contribution in [-0.4, -0.2) is 17.1 Å². The Labute approximate surface area is 192 Å². The molecule has 6 heteroatoms. The lowest BCUT2D eigenvalue weighted by atomic mass is 10.1. The van der Waals surface area contributed by atoms with E-state index >= 15 is 0 Å². The number of hydrogen-bond acceptors (Lipinski definition) is 3. The van der Waals surface area contributed by atoms with E-state index in [1.165, 1.54) is 11.8 Å². The minimum absolute atomic E-state index is 0.0534. The van der Waals surface area contributed by atoms with Crippen LogP contribution in [0.4, 0.5) is 11.4 Å². The normalized spacial score (nSPS) is 11.6. The third-order valence-electron chi connectivity index (χ3n) is 4.85. The summed E-state index contributed by atoms with van der Waals surface area (Å²) in [6, 6.07) is 20.3. The Balaban J connectivity index is 1.66. The molecule has 0 fully saturated rings. The molecule has 3 aromatic carbocycles. The zero-order valence-corrected chi connectivity index (χ0v) is 19.3. The summed E-state index contributed by atoms with van der Waals surface area (Å²) in [5, 5.41) is 6.17. The van der Waals surface area contributed by atoms with Crippen molar-refractivity contribution in [2.45, 2.75) is 37.3 Å². The smallest absolute Gasteiger partial charge is 0.255 e. The molecule has 4 nitrogen and oxygen atoms in total. The van der Waals surface area contributed by atoms with Crippen LogP contribution in [0, 0.1) is 6.92 Å². The van der Waals surface area contributed by atoms with Crippen molar-refractivity contribution in [2.24, 2.45) is 0 Å². The first-order valence-corrected chi connectivity index (χ1v) is 11.4. The van der Waals surface area contributed by atoms with Gasteiger partial charge in [0.1, 0.15) is 0 Å². The summed E-state index contributed by atoms with van der Waals surface area (Å²) in [6.45, 7) is 5.95. The molecule has 0 heterocycles. The molecule has 0 radical (unpaired) electrons. The van der Waals surface area contributed by atoms with Crippen LogP contribution in [0.3, 0.4) is 0 Å². The van der Waals surface area contributed by atoms with Gasteiger partial charge in [-0.05, 0) is 67.8 Å². The van der Waals surface area contributed by atoms with Crippen molar-refractivity contribution in [3.63, 3.8) is 0 Å². The summed E-state index contributed by atoms with van der Waals surface area (Å²) in [4.78, 5) is 26.2. The molecule has 0 bridgehead atoms. The summed E-state index contributed by atoms with van der Waals surface area (Å²) in [6.07, 6.45) is 0.854. The third kappa shape index (κ3) is 6.12. The highest BCUT2D eigenvalue weighted by Gasteiger charge is 2.17. The van der Waals surface area contributed by atoms with E-state index in [2.05, 4.69) is 17.6 Å². The minimum atomic E-state index is -0.303. The van der Waals surface area contributed by atoms with Gasteiger partial charge in [-0.15, -0.1) is 11.8 Å². The molecule has 2 amide bonds. The van der Waals surface area contributed by atoms with Crippen LogP contribution >= 0.6 is 23.4 Å². The van der Waals surface area contributed by atoms with Crippen molar-refractivity contribution in [3.8, 4) is 0 Å². The van der Waals surface area contributed by atoms with Crippen LogP contribution in [0.15, 0.2) is 71.6 Å². The molecular weight excluding hydrogens is 428 g/mol. The topological polar surface area (TPSA) is 58.2 Å². The Morgan fingerprint density at radius 3 is 2.48 bits per heavy atom. The molecule has 3 aromatic rings. The van der Waals surface area contributed by atoms with Gasteiger partial charge in [0.25, 0.3) is 5.91 Å².